The van der Waals surface area contributed by atoms with Crippen molar-refractivity contribution in [2.75, 3.05) is 18.4 Å². The maximum Gasteiger partial charge on any atom is 0.150 e. The number of ether oxygens (including phenoxy) is 1. The molecular weight excluding hydrogens is 367 g/mol. The van der Waals surface area contributed by atoms with E-state index in [1.54, 1.807) is 6.07 Å². The molecule has 1 fully saturated rings. The standard InChI is InChI=1S/C24H31FN2O2/c1-4-6-22-21(16-28)7-5-8-24(22)26-12-20-10-9-19(11-23(20)25)15-27-13-17(2)29-18(3)14-27/h5,7-11,16-18,26H,4,6,12-15H2,1-3H3. The Morgan fingerprint density at radius 2 is 1.97 bits per heavy atom. The minimum atomic E-state index is -0.201. The Morgan fingerprint density at radius 1 is 1.21 bits per heavy atom. The van der Waals surface area contributed by atoms with Crippen molar-refractivity contribution in [2.24, 2.45) is 0 Å². The summed E-state index contributed by atoms with van der Waals surface area (Å²) in [6, 6.07) is 11.1. The molecule has 2 atom stereocenters. The Bertz CT molecular complexity index is 830. The number of halogens is 1. The second-order valence-corrected chi connectivity index (χ2v) is 7.97. The molecule has 0 aliphatic carbocycles. The van der Waals surface area contributed by atoms with Crippen molar-refractivity contribution in [3.8, 4) is 0 Å². The summed E-state index contributed by atoms with van der Waals surface area (Å²) in [5.74, 6) is -0.201. The maximum atomic E-state index is 14.7. The lowest BCUT2D eigenvalue weighted by Gasteiger charge is -2.35. The molecule has 156 valence electrons. The van der Waals surface area contributed by atoms with E-state index in [9.17, 15) is 9.18 Å². The van der Waals surface area contributed by atoms with Crippen LogP contribution in [0.4, 0.5) is 10.1 Å². The molecule has 29 heavy (non-hydrogen) atoms. The van der Waals surface area contributed by atoms with Gasteiger partial charge in [-0.3, -0.25) is 9.69 Å². The summed E-state index contributed by atoms with van der Waals surface area (Å²) in [6.45, 7) is 9.07. The van der Waals surface area contributed by atoms with Gasteiger partial charge >= 0.3 is 0 Å². The van der Waals surface area contributed by atoms with Gasteiger partial charge in [0.15, 0.2) is 0 Å². The molecule has 1 aliphatic rings. The molecule has 1 heterocycles. The molecule has 2 unspecified atom stereocenters. The molecule has 4 nitrogen and oxygen atoms in total. The molecule has 3 rings (SSSR count). The largest absolute Gasteiger partial charge is 0.381 e. The third kappa shape index (κ3) is 5.64. The number of carbonyl (C=O) groups excluding carboxylic acids is 1. The van der Waals surface area contributed by atoms with Gasteiger partial charge in [-0.25, -0.2) is 4.39 Å². The average Bonchev–Trinajstić information content (AvgIpc) is 2.67. The third-order valence-corrected chi connectivity index (χ3v) is 5.33. The Hall–Kier alpha value is -2.24. The van der Waals surface area contributed by atoms with Crippen molar-refractivity contribution in [2.45, 2.75) is 58.9 Å². The Morgan fingerprint density at radius 3 is 2.62 bits per heavy atom. The van der Waals surface area contributed by atoms with Gasteiger partial charge < -0.3 is 10.1 Å². The predicted molar refractivity (Wildman–Crippen MR) is 115 cm³/mol. The summed E-state index contributed by atoms with van der Waals surface area (Å²) in [5, 5.41) is 3.32. The van der Waals surface area contributed by atoms with Crippen molar-refractivity contribution in [1.82, 2.24) is 4.90 Å². The monoisotopic (exact) mass is 398 g/mol. The molecule has 1 aliphatic heterocycles. The van der Waals surface area contributed by atoms with Gasteiger partial charge in [0.1, 0.15) is 12.1 Å². The summed E-state index contributed by atoms with van der Waals surface area (Å²) in [7, 11) is 0. The second-order valence-electron chi connectivity index (χ2n) is 7.97. The predicted octanol–water partition coefficient (Wildman–Crippen LogP) is 4.81. The number of hydrogen-bond acceptors (Lipinski definition) is 4. The van der Waals surface area contributed by atoms with E-state index < -0.39 is 0 Å². The highest BCUT2D eigenvalue weighted by molar-refractivity contribution is 5.80. The molecule has 0 spiro atoms. The van der Waals surface area contributed by atoms with Crippen molar-refractivity contribution < 1.29 is 13.9 Å². The van der Waals surface area contributed by atoms with Crippen LogP contribution in [0, 0.1) is 5.82 Å². The molecule has 0 bridgehead atoms. The molecule has 0 aromatic heterocycles. The fourth-order valence-electron chi connectivity index (χ4n) is 4.10. The normalized spacial score (nSPS) is 19.9. The van der Waals surface area contributed by atoms with E-state index in [2.05, 4.69) is 31.0 Å². The van der Waals surface area contributed by atoms with Crippen molar-refractivity contribution in [3.05, 3.63) is 64.5 Å². The van der Waals surface area contributed by atoms with Gasteiger partial charge in [-0.2, -0.15) is 0 Å². The second kappa shape index (κ2) is 9.99. The van der Waals surface area contributed by atoms with Crippen molar-refractivity contribution in [3.63, 3.8) is 0 Å². The van der Waals surface area contributed by atoms with Crippen LogP contribution >= 0.6 is 0 Å². The smallest absolute Gasteiger partial charge is 0.150 e. The summed E-state index contributed by atoms with van der Waals surface area (Å²) in [5.41, 5.74) is 4.19. The molecule has 5 heteroatoms. The molecule has 0 radical (unpaired) electrons. The third-order valence-electron chi connectivity index (χ3n) is 5.33. The highest BCUT2D eigenvalue weighted by Gasteiger charge is 2.22. The van der Waals surface area contributed by atoms with E-state index >= 15 is 0 Å². The number of benzene rings is 2. The topological polar surface area (TPSA) is 41.6 Å². The van der Waals surface area contributed by atoms with E-state index in [4.69, 9.17) is 4.74 Å². The van der Waals surface area contributed by atoms with Crippen LogP contribution < -0.4 is 5.32 Å². The zero-order valence-corrected chi connectivity index (χ0v) is 17.6. The fourth-order valence-corrected chi connectivity index (χ4v) is 4.10. The highest BCUT2D eigenvalue weighted by atomic mass is 19.1. The van der Waals surface area contributed by atoms with E-state index in [1.165, 1.54) is 0 Å². The summed E-state index contributed by atoms with van der Waals surface area (Å²) in [4.78, 5) is 13.6. The fraction of sp³-hybridized carbons (Fsp3) is 0.458. The number of hydrogen-bond donors (Lipinski definition) is 1. The number of nitrogens with one attached hydrogen (secondary N) is 1. The van der Waals surface area contributed by atoms with E-state index in [-0.39, 0.29) is 18.0 Å². The minimum absolute atomic E-state index is 0.200. The first kappa shape index (κ1) is 21.5. The van der Waals surface area contributed by atoms with E-state index in [0.29, 0.717) is 17.7 Å². The molecule has 2 aromatic rings. The molecule has 2 aromatic carbocycles. The quantitative estimate of drug-likeness (QED) is 0.648. The Balaban J connectivity index is 1.66. The van der Waals surface area contributed by atoms with Gasteiger partial charge in [0, 0.05) is 43.0 Å². The molecular formula is C24H31FN2O2. The minimum Gasteiger partial charge on any atom is -0.381 e. The molecule has 1 saturated heterocycles. The van der Waals surface area contributed by atoms with Gasteiger partial charge in [-0.15, -0.1) is 0 Å². The first-order valence-electron chi connectivity index (χ1n) is 10.5. The van der Waals surface area contributed by atoms with Crippen molar-refractivity contribution >= 4 is 12.0 Å². The van der Waals surface area contributed by atoms with Crippen LogP contribution in [-0.4, -0.2) is 36.5 Å². The zero-order valence-electron chi connectivity index (χ0n) is 17.6. The zero-order chi connectivity index (χ0) is 20.8. The van der Waals surface area contributed by atoms with Crippen molar-refractivity contribution in [1.29, 1.82) is 0 Å². The Labute approximate surface area is 173 Å². The summed E-state index contributed by atoms with van der Waals surface area (Å²) >= 11 is 0. The number of anilines is 1. The maximum absolute atomic E-state index is 14.7. The number of rotatable bonds is 8. The summed E-state index contributed by atoms with van der Waals surface area (Å²) < 4.78 is 20.5. The van der Waals surface area contributed by atoms with Gasteiger partial charge in [0.2, 0.25) is 0 Å². The number of aldehydes is 1. The summed E-state index contributed by atoms with van der Waals surface area (Å²) in [6.07, 6.45) is 3.05. The van der Waals surface area contributed by atoms with Gasteiger partial charge in [-0.05, 0) is 43.5 Å². The van der Waals surface area contributed by atoms with Crippen LogP contribution in [-0.2, 0) is 24.2 Å². The lowest BCUT2D eigenvalue weighted by molar-refractivity contribution is -0.0705. The lowest BCUT2D eigenvalue weighted by Crippen LogP contribution is -2.44. The van der Waals surface area contributed by atoms with Crippen LogP contribution in [0.3, 0.4) is 0 Å². The van der Waals surface area contributed by atoms with Crippen LogP contribution in [0.1, 0.15) is 54.2 Å². The van der Waals surface area contributed by atoms with Crippen LogP contribution in [0.25, 0.3) is 0 Å². The van der Waals surface area contributed by atoms with Gasteiger partial charge in [0.05, 0.1) is 12.2 Å². The van der Waals surface area contributed by atoms with E-state index in [0.717, 1.165) is 55.6 Å². The SMILES string of the molecule is CCCc1c(C=O)cccc1NCc1ccc(CN2CC(C)OC(C)C2)cc1F. The van der Waals surface area contributed by atoms with Crippen LogP contribution in [0.15, 0.2) is 36.4 Å². The van der Waals surface area contributed by atoms with E-state index in [1.807, 2.05) is 30.3 Å². The number of morpholine rings is 1. The van der Waals surface area contributed by atoms with Crippen LogP contribution in [0.5, 0.6) is 0 Å². The first-order valence-corrected chi connectivity index (χ1v) is 10.5. The Kier molecular flexibility index (Phi) is 7.40. The molecule has 0 saturated carbocycles. The lowest BCUT2D eigenvalue weighted by atomic mass is 10.0. The number of carbonyl (C=O) groups is 1. The van der Waals surface area contributed by atoms with Gasteiger partial charge in [0.25, 0.3) is 0 Å². The molecule has 0 amide bonds. The highest BCUT2D eigenvalue weighted by Crippen LogP contribution is 2.23. The van der Waals surface area contributed by atoms with Crippen LogP contribution in [0.2, 0.25) is 0 Å². The number of nitrogens with zero attached hydrogens (tertiary/aromatic N) is 1. The average molecular weight is 399 g/mol. The van der Waals surface area contributed by atoms with Gasteiger partial charge in [-0.1, -0.05) is 37.6 Å². The molecule has 1 N–H and O–H groups in total. The first-order chi connectivity index (χ1) is 14.0.